The molecule has 2 aromatic rings. The number of carbonyl (C=O) groups is 3. The van der Waals surface area contributed by atoms with E-state index in [1.165, 1.54) is 17.7 Å². The van der Waals surface area contributed by atoms with Gasteiger partial charge in [-0.3, -0.25) is 19.2 Å². The fourth-order valence-corrected chi connectivity index (χ4v) is 5.68. The lowest BCUT2D eigenvalue weighted by Gasteiger charge is -2.43. The average molecular weight is 501 g/mol. The van der Waals surface area contributed by atoms with E-state index in [2.05, 4.69) is 10.6 Å². The third-order valence-electron chi connectivity index (χ3n) is 7.70. The number of aryl methyl sites for hydroxylation is 1. The van der Waals surface area contributed by atoms with Crippen LogP contribution in [0.3, 0.4) is 0 Å². The standard InChI is InChI=1S/C25H26F2N4O5/c1-12-7-16(26)14(17(27)8-12)9-28-23(35)15-10-31-18-11-30(24(36)20(31)22(34)21(15)33)13(2)3-5-25(18)6-4-19(32)29-25/h7-8,10,13,18,34H,3-6,9,11H2,1-2H3,(H,28,35)(H,29,32)/t13-,18+,25-/m0/s1. The van der Waals surface area contributed by atoms with Gasteiger partial charge in [0.15, 0.2) is 11.4 Å². The molecule has 2 bridgehead atoms. The van der Waals surface area contributed by atoms with E-state index in [4.69, 9.17) is 0 Å². The van der Waals surface area contributed by atoms with Crippen LogP contribution in [0.25, 0.3) is 0 Å². The molecule has 3 aliphatic heterocycles. The minimum atomic E-state index is -1.06. The maximum atomic E-state index is 14.2. The number of aromatic nitrogens is 1. The second-order valence-corrected chi connectivity index (χ2v) is 9.93. The average Bonchev–Trinajstić information content (AvgIpc) is 3.14. The van der Waals surface area contributed by atoms with Crippen molar-refractivity contribution in [2.75, 3.05) is 6.54 Å². The van der Waals surface area contributed by atoms with Gasteiger partial charge < -0.3 is 25.2 Å². The lowest BCUT2D eigenvalue weighted by atomic mass is 9.83. The SMILES string of the molecule is Cc1cc(F)c(CNC(=O)c2cn3c(c(O)c2=O)C(=O)N2C[C@@H]3[C@@]3(CCC(=O)N3)CC[C@@H]2C)c(F)c1. The van der Waals surface area contributed by atoms with Gasteiger partial charge in [-0.05, 0) is 50.8 Å². The molecular formula is C25H26F2N4O5. The number of rotatable bonds is 3. The second kappa shape index (κ2) is 8.42. The van der Waals surface area contributed by atoms with E-state index in [0.29, 0.717) is 31.2 Å². The molecule has 0 saturated carbocycles. The summed E-state index contributed by atoms with van der Waals surface area (Å²) in [5.74, 6) is -4.16. The van der Waals surface area contributed by atoms with Crippen molar-refractivity contribution in [3.8, 4) is 5.75 Å². The molecule has 3 N–H and O–H groups in total. The maximum Gasteiger partial charge on any atom is 0.274 e. The van der Waals surface area contributed by atoms with Gasteiger partial charge in [0, 0.05) is 37.3 Å². The number of hydrogen-bond acceptors (Lipinski definition) is 5. The molecule has 1 aromatic heterocycles. The van der Waals surface area contributed by atoms with Crippen LogP contribution in [0.4, 0.5) is 8.78 Å². The summed E-state index contributed by atoms with van der Waals surface area (Å²) < 4.78 is 29.8. The van der Waals surface area contributed by atoms with Gasteiger partial charge in [-0.1, -0.05) is 0 Å². The zero-order valence-electron chi connectivity index (χ0n) is 19.9. The van der Waals surface area contributed by atoms with Crippen molar-refractivity contribution in [1.29, 1.82) is 0 Å². The van der Waals surface area contributed by atoms with Crippen LogP contribution in [0.1, 0.15) is 70.6 Å². The molecule has 3 aliphatic rings. The number of aromatic hydroxyl groups is 1. The summed E-state index contributed by atoms with van der Waals surface area (Å²) in [7, 11) is 0. The molecular weight excluding hydrogens is 474 g/mol. The lowest BCUT2D eigenvalue weighted by Crippen LogP contribution is -2.55. The zero-order chi connectivity index (χ0) is 25.9. The number of nitrogens with one attached hydrogen (secondary N) is 2. The Morgan fingerprint density at radius 3 is 2.56 bits per heavy atom. The van der Waals surface area contributed by atoms with Crippen molar-refractivity contribution in [3.05, 3.63) is 62.6 Å². The first-order chi connectivity index (χ1) is 17.0. The third-order valence-corrected chi connectivity index (χ3v) is 7.70. The predicted octanol–water partition coefficient (Wildman–Crippen LogP) is 1.90. The summed E-state index contributed by atoms with van der Waals surface area (Å²) in [5, 5.41) is 16.2. The van der Waals surface area contributed by atoms with Gasteiger partial charge in [0.1, 0.15) is 17.2 Å². The maximum absolute atomic E-state index is 14.2. The van der Waals surface area contributed by atoms with E-state index in [1.807, 2.05) is 6.92 Å². The first-order valence-corrected chi connectivity index (χ1v) is 11.8. The van der Waals surface area contributed by atoms with Gasteiger partial charge in [-0.2, -0.15) is 0 Å². The van der Waals surface area contributed by atoms with Crippen LogP contribution in [-0.2, 0) is 11.3 Å². The van der Waals surface area contributed by atoms with Gasteiger partial charge in [0.2, 0.25) is 11.3 Å². The molecule has 36 heavy (non-hydrogen) atoms. The first kappa shape index (κ1) is 24.0. The van der Waals surface area contributed by atoms with Crippen molar-refractivity contribution in [2.24, 2.45) is 0 Å². The zero-order valence-corrected chi connectivity index (χ0v) is 19.9. The molecule has 5 rings (SSSR count). The van der Waals surface area contributed by atoms with E-state index in [9.17, 15) is 33.1 Å². The largest absolute Gasteiger partial charge is 0.503 e. The van der Waals surface area contributed by atoms with Gasteiger partial charge in [-0.25, -0.2) is 8.78 Å². The fraction of sp³-hybridized carbons (Fsp3) is 0.440. The Bertz CT molecular complexity index is 1350. The number of nitrogens with zero attached hydrogens (tertiary/aromatic N) is 2. The number of halogens is 2. The molecule has 11 heteroatoms. The molecule has 3 atom stereocenters. The molecule has 1 aromatic carbocycles. The molecule has 190 valence electrons. The van der Waals surface area contributed by atoms with Crippen LogP contribution in [0.15, 0.2) is 23.1 Å². The van der Waals surface area contributed by atoms with Crippen LogP contribution < -0.4 is 16.1 Å². The van der Waals surface area contributed by atoms with Gasteiger partial charge in [-0.15, -0.1) is 0 Å². The van der Waals surface area contributed by atoms with E-state index < -0.39 is 58.3 Å². The van der Waals surface area contributed by atoms with E-state index in [-0.39, 0.29) is 29.8 Å². The fourth-order valence-electron chi connectivity index (χ4n) is 5.68. The van der Waals surface area contributed by atoms with Gasteiger partial charge in [0.25, 0.3) is 11.8 Å². The molecule has 0 radical (unpaired) electrons. The minimum Gasteiger partial charge on any atom is -0.503 e. The quantitative estimate of drug-likeness (QED) is 0.595. The first-order valence-electron chi connectivity index (χ1n) is 11.8. The van der Waals surface area contributed by atoms with Crippen LogP contribution in [0, 0.1) is 18.6 Å². The highest BCUT2D eigenvalue weighted by atomic mass is 19.1. The summed E-state index contributed by atoms with van der Waals surface area (Å²) in [6, 6.07) is 1.56. The molecule has 3 amide bonds. The van der Waals surface area contributed by atoms with Crippen molar-refractivity contribution in [2.45, 2.75) is 63.7 Å². The highest BCUT2D eigenvalue weighted by molar-refractivity contribution is 5.99. The normalized spacial score (nSPS) is 24.9. The van der Waals surface area contributed by atoms with E-state index in [0.717, 1.165) is 12.1 Å². The van der Waals surface area contributed by atoms with Crippen LogP contribution in [-0.4, -0.2) is 50.4 Å². The van der Waals surface area contributed by atoms with Crippen LogP contribution >= 0.6 is 0 Å². The monoisotopic (exact) mass is 500 g/mol. The van der Waals surface area contributed by atoms with Crippen molar-refractivity contribution in [3.63, 3.8) is 0 Å². The molecule has 1 spiro atoms. The minimum absolute atomic E-state index is 0.125. The second-order valence-electron chi connectivity index (χ2n) is 9.93. The lowest BCUT2D eigenvalue weighted by molar-refractivity contribution is -0.120. The summed E-state index contributed by atoms with van der Waals surface area (Å²) in [5.41, 5.74) is -2.47. The highest BCUT2D eigenvalue weighted by Gasteiger charge is 2.52. The van der Waals surface area contributed by atoms with Crippen LogP contribution in [0.2, 0.25) is 0 Å². The third kappa shape index (κ3) is 3.64. The summed E-state index contributed by atoms with van der Waals surface area (Å²) in [6.07, 6.45) is 3.21. The Morgan fingerprint density at radius 2 is 1.92 bits per heavy atom. The number of fused-ring (bicyclic) bond motifs is 5. The number of amides is 3. The Balaban J connectivity index is 1.55. The van der Waals surface area contributed by atoms with E-state index >= 15 is 0 Å². The molecule has 4 heterocycles. The topological polar surface area (TPSA) is 121 Å². The van der Waals surface area contributed by atoms with Gasteiger partial charge in [0.05, 0.1) is 11.6 Å². The highest BCUT2D eigenvalue weighted by Crippen LogP contribution is 2.44. The summed E-state index contributed by atoms with van der Waals surface area (Å²) in [4.78, 5) is 53.0. The Labute approximate surface area is 205 Å². The van der Waals surface area contributed by atoms with Crippen molar-refractivity contribution < 1.29 is 28.3 Å². The molecule has 9 nitrogen and oxygen atoms in total. The smallest absolute Gasteiger partial charge is 0.274 e. The van der Waals surface area contributed by atoms with Crippen molar-refractivity contribution in [1.82, 2.24) is 20.1 Å². The van der Waals surface area contributed by atoms with E-state index in [1.54, 1.807) is 4.90 Å². The Kier molecular flexibility index (Phi) is 5.60. The van der Waals surface area contributed by atoms with Crippen LogP contribution in [0.5, 0.6) is 5.75 Å². The summed E-state index contributed by atoms with van der Waals surface area (Å²) in [6.45, 7) is 3.12. The number of carbonyl (C=O) groups excluding carboxylic acids is 3. The molecule has 2 fully saturated rings. The predicted molar refractivity (Wildman–Crippen MR) is 124 cm³/mol. The number of benzene rings is 1. The van der Waals surface area contributed by atoms with Gasteiger partial charge >= 0.3 is 0 Å². The number of pyridine rings is 1. The number of hydrogen-bond donors (Lipinski definition) is 3. The molecule has 0 unspecified atom stereocenters. The summed E-state index contributed by atoms with van der Waals surface area (Å²) >= 11 is 0. The molecule has 2 saturated heterocycles. The van der Waals surface area contributed by atoms with Crippen molar-refractivity contribution >= 4 is 17.7 Å². The molecule has 0 aliphatic carbocycles. The Morgan fingerprint density at radius 1 is 1.22 bits per heavy atom. The Hall–Kier alpha value is -3.76.